The van der Waals surface area contributed by atoms with E-state index in [0.29, 0.717) is 12.5 Å². The Kier molecular flexibility index (Phi) is 3.72. The van der Waals surface area contributed by atoms with E-state index in [1.807, 2.05) is 0 Å². The Hall–Kier alpha value is -0.570. The number of hydrogen-bond acceptors (Lipinski definition) is 3. The van der Waals surface area contributed by atoms with Gasteiger partial charge in [0.15, 0.2) is 0 Å². The lowest BCUT2D eigenvalue weighted by molar-refractivity contribution is 0.463. The van der Waals surface area contributed by atoms with Crippen LogP contribution >= 0.6 is 15.9 Å². The van der Waals surface area contributed by atoms with Gasteiger partial charge in [0.05, 0.1) is 0 Å². The van der Waals surface area contributed by atoms with Gasteiger partial charge in [0, 0.05) is 29.7 Å². The number of sulfonamides is 1. The van der Waals surface area contributed by atoms with Crippen molar-refractivity contribution in [3.63, 3.8) is 0 Å². The highest BCUT2D eigenvalue weighted by Crippen LogP contribution is 2.30. The van der Waals surface area contributed by atoms with E-state index in [-0.39, 0.29) is 23.6 Å². The van der Waals surface area contributed by atoms with Crippen molar-refractivity contribution in [3.8, 4) is 0 Å². The number of halogens is 3. The molecule has 100 valence electrons. The van der Waals surface area contributed by atoms with Crippen LogP contribution in [0, 0.1) is 11.6 Å². The summed E-state index contributed by atoms with van der Waals surface area (Å²) in [5, 5.41) is 0. The van der Waals surface area contributed by atoms with Gasteiger partial charge in [-0.1, -0.05) is 0 Å². The number of hydrogen-bond donors (Lipinski definition) is 1. The Morgan fingerprint density at radius 2 is 2.06 bits per heavy atom. The molecule has 0 radical (unpaired) electrons. The van der Waals surface area contributed by atoms with Crippen LogP contribution in [0.2, 0.25) is 0 Å². The third-order valence-electron chi connectivity index (χ3n) is 2.75. The molecule has 1 aromatic rings. The summed E-state index contributed by atoms with van der Waals surface area (Å²) in [6.07, 6.45) is 0.527. The molecule has 1 heterocycles. The van der Waals surface area contributed by atoms with Gasteiger partial charge in [-0.15, -0.1) is 0 Å². The standard InChI is InChI=1S/C10H11BrF2N2O2S/c11-8-3-6(12)4-9(13)10(8)18(16,17)15-2-1-7(14)5-15/h3-4,7H,1-2,5,14H2/t7-/m1/s1. The van der Waals surface area contributed by atoms with Crippen LogP contribution in [0.15, 0.2) is 21.5 Å². The maximum Gasteiger partial charge on any atom is 0.247 e. The molecule has 2 N–H and O–H groups in total. The maximum atomic E-state index is 13.7. The molecule has 8 heteroatoms. The first-order valence-corrected chi connectivity index (χ1v) is 7.46. The Morgan fingerprint density at radius 3 is 2.56 bits per heavy atom. The number of rotatable bonds is 2. The molecule has 0 amide bonds. The van der Waals surface area contributed by atoms with Gasteiger partial charge < -0.3 is 5.73 Å². The van der Waals surface area contributed by atoms with E-state index in [1.54, 1.807) is 0 Å². The normalized spacial score (nSPS) is 21.4. The van der Waals surface area contributed by atoms with E-state index in [4.69, 9.17) is 5.73 Å². The Bertz CT molecular complexity index is 556. The van der Waals surface area contributed by atoms with Crippen molar-refractivity contribution in [2.24, 2.45) is 5.73 Å². The monoisotopic (exact) mass is 340 g/mol. The molecule has 0 bridgehead atoms. The molecular weight excluding hydrogens is 330 g/mol. The quantitative estimate of drug-likeness (QED) is 0.886. The summed E-state index contributed by atoms with van der Waals surface area (Å²) in [6, 6.07) is 1.22. The van der Waals surface area contributed by atoms with Gasteiger partial charge in [0.25, 0.3) is 0 Å². The van der Waals surface area contributed by atoms with Crippen molar-refractivity contribution in [1.82, 2.24) is 4.31 Å². The van der Waals surface area contributed by atoms with Crippen LogP contribution in [0.5, 0.6) is 0 Å². The molecule has 18 heavy (non-hydrogen) atoms. The Balaban J connectivity index is 2.48. The fourth-order valence-corrected chi connectivity index (χ4v) is 4.50. The minimum atomic E-state index is -3.98. The molecule has 0 aromatic heterocycles. The molecule has 1 aliphatic heterocycles. The van der Waals surface area contributed by atoms with Gasteiger partial charge in [-0.2, -0.15) is 4.31 Å². The number of benzene rings is 1. The summed E-state index contributed by atoms with van der Waals surface area (Å²) in [5.74, 6) is -1.95. The third-order valence-corrected chi connectivity index (χ3v) is 5.58. The number of nitrogens with two attached hydrogens (primary N) is 1. The molecule has 2 rings (SSSR count). The van der Waals surface area contributed by atoms with Crippen LogP contribution in [-0.4, -0.2) is 31.9 Å². The molecule has 0 aliphatic carbocycles. The maximum absolute atomic E-state index is 13.7. The van der Waals surface area contributed by atoms with Crippen LogP contribution < -0.4 is 5.73 Å². The van der Waals surface area contributed by atoms with Gasteiger partial charge in [-0.3, -0.25) is 0 Å². The van der Waals surface area contributed by atoms with E-state index < -0.39 is 26.6 Å². The van der Waals surface area contributed by atoms with E-state index in [1.165, 1.54) is 0 Å². The minimum absolute atomic E-state index is 0.125. The highest BCUT2D eigenvalue weighted by atomic mass is 79.9. The molecule has 4 nitrogen and oxygen atoms in total. The van der Waals surface area contributed by atoms with E-state index in [0.717, 1.165) is 10.4 Å². The molecule has 0 saturated carbocycles. The van der Waals surface area contributed by atoms with Crippen molar-refractivity contribution in [2.75, 3.05) is 13.1 Å². The second kappa shape index (κ2) is 4.84. The van der Waals surface area contributed by atoms with Crippen LogP contribution in [0.25, 0.3) is 0 Å². The molecule has 1 aromatic carbocycles. The van der Waals surface area contributed by atoms with Crippen molar-refractivity contribution >= 4 is 26.0 Å². The van der Waals surface area contributed by atoms with E-state index >= 15 is 0 Å². The van der Waals surface area contributed by atoms with Gasteiger partial charge >= 0.3 is 0 Å². The highest BCUT2D eigenvalue weighted by Gasteiger charge is 2.34. The zero-order chi connectivity index (χ0) is 13.5. The SMILES string of the molecule is N[C@@H]1CCN(S(=O)(=O)c2c(F)cc(F)cc2Br)C1. The van der Waals surface area contributed by atoms with Crippen LogP contribution in [0.4, 0.5) is 8.78 Å². The second-order valence-electron chi connectivity index (χ2n) is 4.11. The van der Waals surface area contributed by atoms with E-state index in [2.05, 4.69) is 15.9 Å². The molecule has 1 saturated heterocycles. The van der Waals surface area contributed by atoms with Gasteiger partial charge in [-0.05, 0) is 28.4 Å². The summed E-state index contributed by atoms with van der Waals surface area (Å²) in [5.41, 5.74) is 5.63. The topological polar surface area (TPSA) is 63.4 Å². The first-order chi connectivity index (χ1) is 8.32. The zero-order valence-electron chi connectivity index (χ0n) is 9.24. The average Bonchev–Trinajstić information content (AvgIpc) is 2.63. The third kappa shape index (κ3) is 2.42. The fourth-order valence-electron chi connectivity index (χ4n) is 1.88. The molecule has 0 unspecified atom stereocenters. The predicted octanol–water partition coefficient (Wildman–Crippen LogP) is 1.45. The fraction of sp³-hybridized carbons (Fsp3) is 0.400. The van der Waals surface area contributed by atoms with Crippen LogP contribution in [0.3, 0.4) is 0 Å². The van der Waals surface area contributed by atoms with Crippen LogP contribution in [-0.2, 0) is 10.0 Å². The smallest absolute Gasteiger partial charge is 0.247 e. The summed E-state index contributed by atoms with van der Waals surface area (Å²) >= 11 is 2.88. The first-order valence-electron chi connectivity index (χ1n) is 5.22. The molecule has 1 aliphatic rings. The molecular formula is C10H11BrF2N2O2S. The lowest BCUT2D eigenvalue weighted by atomic mass is 10.3. The predicted molar refractivity (Wildman–Crippen MR) is 65.4 cm³/mol. The highest BCUT2D eigenvalue weighted by molar-refractivity contribution is 9.10. The van der Waals surface area contributed by atoms with Gasteiger partial charge in [0.2, 0.25) is 10.0 Å². The lowest BCUT2D eigenvalue weighted by Gasteiger charge is -2.17. The largest absolute Gasteiger partial charge is 0.326 e. The van der Waals surface area contributed by atoms with E-state index in [9.17, 15) is 17.2 Å². The van der Waals surface area contributed by atoms with Gasteiger partial charge in [-0.25, -0.2) is 17.2 Å². The van der Waals surface area contributed by atoms with Crippen molar-refractivity contribution < 1.29 is 17.2 Å². The van der Waals surface area contributed by atoms with Crippen molar-refractivity contribution in [3.05, 3.63) is 28.2 Å². The second-order valence-corrected chi connectivity index (χ2v) is 6.84. The van der Waals surface area contributed by atoms with Gasteiger partial charge in [0.1, 0.15) is 16.5 Å². The van der Waals surface area contributed by atoms with Crippen molar-refractivity contribution in [2.45, 2.75) is 17.4 Å². The average molecular weight is 341 g/mol. The Morgan fingerprint density at radius 1 is 1.39 bits per heavy atom. The van der Waals surface area contributed by atoms with Crippen LogP contribution in [0.1, 0.15) is 6.42 Å². The summed E-state index contributed by atoms with van der Waals surface area (Å²) in [6.45, 7) is 0.387. The lowest BCUT2D eigenvalue weighted by Crippen LogP contribution is -2.32. The molecule has 0 spiro atoms. The van der Waals surface area contributed by atoms with Crippen molar-refractivity contribution in [1.29, 1.82) is 0 Å². The first kappa shape index (κ1) is 13.9. The zero-order valence-corrected chi connectivity index (χ0v) is 11.6. The molecule has 1 atom stereocenters. The summed E-state index contributed by atoms with van der Waals surface area (Å²) < 4.78 is 52.0. The minimum Gasteiger partial charge on any atom is -0.326 e. The summed E-state index contributed by atoms with van der Waals surface area (Å²) in [7, 11) is -3.98. The Labute approximate surface area is 112 Å². The summed E-state index contributed by atoms with van der Waals surface area (Å²) in [4.78, 5) is -0.544. The number of nitrogens with zero attached hydrogens (tertiary/aromatic N) is 1. The molecule has 1 fully saturated rings.